The van der Waals surface area contributed by atoms with Crippen LogP contribution in [0.4, 0.5) is 0 Å². The maximum Gasteiger partial charge on any atom is 0.227 e. The Morgan fingerprint density at radius 3 is 2.80 bits per heavy atom. The van der Waals surface area contributed by atoms with E-state index in [-0.39, 0.29) is 12.0 Å². The number of hydrogen-bond acceptors (Lipinski definition) is 5. The number of amides is 1. The molecule has 0 bridgehead atoms. The van der Waals surface area contributed by atoms with E-state index in [0.717, 1.165) is 29.9 Å². The second-order valence-corrected chi connectivity index (χ2v) is 6.99. The number of benzene rings is 1. The van der Waals surface area contributed by atoms with Gasteiger partial charge in [0.2, 0.25) is 5.91 Å². The summed E-state index contributed by atoms with van der Waals surface area (Å²) in [6.07, 6.45) is 2.33. The Hall–Kier alpha value is -1.63. The van der Waals surface area contributed by atoms with Crippen molar-refractivity contribution in [2.24, 2.45) is 11.1 Å². The molecule has 1 atom stereocenters. The van der Waals surface area contributed by atoms with Gasteiger partial charge in [-0.25, -0.2) is 0 Å². The zero-order valence-electron chi connectivity index (χ0n) is 14.9. The topological polar surface area (TPSA) is 82.8 Å². The van der Waals surface area contributed by atoms with Crippen LogP contribution in [-0.2, 0) is 20.8 Å². The second kappa shape index (κ2) is 8.17. The van der Waals surface area contributed by atoms with Crippen LogP contribution in [0, 0.1) is 12.3 Å². The monoisotopic (exact) mass is 348 g/mol. The first-order valence-corrected chi connectivity index (χ1v) is 9.03. The molecule has 2 aliphatic heterocycles. The summed E-state index contributed by atoms with van der Waals surface area (Å²) in [6, 6.07) is 6.07. The van der Waals surface area contributed by atoms with Crippen molar-refractivity contribution in [3.8, 4) is 5.75 Å². The van der Waals surface area contributed by atoms with Gasteiger partial charge in [0.15, 0.2) is 0 Å². The SMILES string of the molecule is Cc1ccc(CNC(=O)C2(CN)CCOCC2)c(OC2CCOC2)c1. The highest BCUT2D eigenvalue weighted by molar-refractivity contribution is 5.83. The summed E-state index contributed by atoms with van der Waals surface area (Å²) in [7, 11) is 0. The fraction of sp³-hybridized carbons (Fsp3) is 0.632. The van der Waals surface area contributed by atoms with Gasteiger partial charge in [-0.3, -0.25) is 4.79 Å². The highest BCUT2D eigenvalue weighted by Gasteiger charge is 2.38. The predicted octanol–water partition coefficient (Wildman–Crippen LogP) is 1.53. The molecule has 1 aromatic carbocycles. The highest BCUT2D eigenvalue weighted by atomic mass is 16.5. The molecule has 6 heteroatoms. The molecule has 3 rings (SSSR count). The Balaban J connectivity index is 1.66. The summed E-state index contributed by atoms with van der Waals surface area (Å²) >= 11 is 0. The molecule has 2 fully saturated rings. The third-order valence-corrected chi connectivity index (χ3v) is 5.17. The Morgan fingerprint density at radius 1 is 1.32 bits per heavy atom. The summed E-state index contributed by atoms with van der Waals surface area (Å²) in [5, 5.41) is 3.06. The van der Waals surface area contributed by atoms with Crippen LogP contribution in [0.25, 0.3) is 0 Å². The fourth-order valence-corrected chi connectivity index (χ4v) is 3.35. The van der Waals surface area contributed by atoms with Crippen molar-refractivity contribution in [1.82, 2.24) is 5.32 Å². The van der Waals surface area contributed by atoms with Gasteiger partial charge >= 0.3 is 0 Å². The van der Waals surface area contributed by atoms with Crippen molar-refractivity contribution in [3.63, 3.8) is 0 Å². The molecule has 0 spiro atoms. The van der Waals surface area contributed by atoms with E-state index < -0.39 is 5.41 Å². The molecule has 6 nitrogen and oxygen atoms in total. The summed E-state index contributed by atoms with van der Waals surface area (Å²) in [5.74, 6) is 0.832. The van der Waals surface area contributed by atoms with Crippen molar-refractivity contribution in [3.05, 3.63) is 29.3 Å². The Labute approximate surface area is 149 Å². The van der Waals surface area contributed by atoms with E-state index in [1.807, 2.05) is 25.1 Å². The zero-order chi connectivity index (χ0) is 17.7. The molecule has 0 aromatic heterocycles. The van der Waals surface area contributed by atoms with Crippen molar-refractivity contribution in [2.45, 2.75) is 38.8 Å². The lowest BCUT2D eigenvalue weighted by Crippen LogP contribution is -2.49. The molecule has 1 unspecified atom stereocenters. The lowest BCUT2D eigenvalue weighted by molar-refractivity contribution is -0.136. The van der Waals surface area contributed by atoms with Gasteiger partial charge in [-0.15, -0.1) is 0 Å². The van der Waals surface area contributed by atoms with Crippen LogP contribution in [-0.4, -0.2) is 45.0 Å². The highest BCUT2D eigenvalue weighted by Crippen LogP contribution is 2.30. The van der Waals surface area contributed by atoms with E-state index in [1.54, 1.807) is 0 Å². The summed E-state index contributed by atoms with van der Waals surface area (Å²) in [5.41, 5.74) is 7.51. The Morgan fingerprint density at radius 2 is 2.12 bits per heavy atom. The molecule has 3 N–H and O–H groups in total. The van der Waals surface area contributed by atoms with Crippen LogP contribution in [0.15, 0.2) is 18.2 Å². The number of hydrogen-bond donors (Lipinski definition) is 2. The Bertz CT molecular complexity index is 593. The largest absolute Gasteiger partial charge is 0.488 e. The minimum Gasteiger partial charge on any atom is -0.488 e. The van der Waals surface area contributed by atoms with Crippen molar-refractivity contribution in [1.29, 1.82) is 0 Å². The van der Waals surface area contributed by atoms with E-state index in [0.29, 0.717) is 45.8 Å². The van der Waals surface area contributed by atoms with Gasteiger partial charge in [0.05, 0.1) is 18.6 Å². The van der Waals surface area contributed by atoms with Crippen LogP contribution < -0.4 is 15.8 Å². The summed E-state index contributed by atoms with van der Waals surface area (Å²) < 4.78 is 16.9. The van der Waals surface area contributed by atoms with E-state index in [1.165, 1.54) is 0 Å². The number of carbonyl (C=O) groups is 1. The van der Waals surface area contributed by atoms with Crippen LogP contribution in [0.1, 0.15) is 30.4 Å². The first-order chi connectivity index (χ1) is 12.1. The average Bonchev–Trinajstić information content (AvgIpc) is 3.14. The smallest absolute Gasteiger partial charge is 0.227 e. The standard InChI is InChI=1S/C19H28N2O4/c1-14-2-3-15(17(10-14)25-16-4-7-24-12-16)11-21-18(22)19(13-20)5-8-23-9-6-19/h2-3,10,16H,4-9,11-13,20H2,1H3,(H,21,22). The molecular weight excluding hydrogens is 320 g/mol. The van der Waals surface area contributed by atoms with Crippen molar-refractivity contribution >= 4 is 5.91 Å². The van der Waals surface area contributed by atoms with Crippen LogP contribution in [0.5, 0.6) is 5.75 Å². The molecule has 2 heterocycles. The molecule has 138 valence electrons. The molecule has 0 aliphatic carbocycles. The van der Waals surface area contributed by atoms with Gasteiger partial charge in [0.1, 0.15) is 11.9 Å². The normalized spacial score (nSPS) is 22.6. The number of aryl methyl sites for hydroxylation is 1. The van der Waals surface area contributed by atoms with E-state index in [2.05, 4.69) is 5.32 Å². The van der Waals surface area contributed by atoms with E-state index >= 15 is 0 Å². The first kappa shape index (κ1) is 18.2. The number of nitrogens with two attached hydrogens (primary N) is 1. The zero-order valence-corrected chi connectivity index (χ0v) is 14.9. The average molecular weight is 348 g/mol. The molecule has 25 heavy (non-hydrogen) atoms. The third-order valence-electron chi connectivity index (χ3n) is 5.17. The second-order valence-electron chi connectivity index (χ2n) is 6.99. The van der Waals surface area contributed by atoms with Gasteiger partial charge in [-0.2, -0.15) is 0 Å². The molecule has 2 aliphatic rings. The van der Waals surface area contributed by atoms with Crippen LogP contribution in [0.3, 0.4) is 0 Å². The molecule has 0 saturated carbocycles. The predicted molar refractivity (Wildman–Crippen MR) is 94.4 cm³/mol. The summed E-state index contributed by atoms with van der Waals surface area (Å²) in [6.45, 7) is 5.35. The van der Waals surface area contributed by atoms with Gasteiger partial charge in [0, 0.05) is 38.3 Å². The van der Waals surface area contributed by atoms with Gasteiger partial charge in [0.25, 0.3) is 0 Å². The minimum atomic E-state index is -0.511. The van der Waals surface area contributed by atoms with Gasteiger partial charge in [-0.1, -0.05) is 12.1 Å². The number of rotatable bonds is 6. The maximum atomic E-state index is 12.7. The van der Waals surface area contributed by atoms with E-state index in [9.17, 15) is 4.79 Å². The quantitative estimate of drug-likeness (QED) is 0.815. The van der Waals surface area contributed by atoms with Crippen LogP contribution in [0.2, 0.25) is 0 Å². The van der Waals surface area contributed by atoms with Gasteiger partial charge in [-0.05, 0) is 31.4 Å². The van der Waals surface area contributed by atoms with Gasteiger partial charge < -0.3 is 25.3 Å². The Kier molecular flexibility index (Phi) is 5.93. The van der Waals surface area contributed by atoms with Crippen molar-refractivity contribution in [2.75, 3.05) is 33.0 Å². The fourth-order valence-electron chi connectivity index (χ4n) is 3.35. The lowest BCUT2D eigenvalue weighted by atomic mass is 9.79. The first-order valence-electron chi connectivity index (χ1n) is 9.03. The number of nitrogens with one attached hydrogen (secondary N) is 1. The van der Waals surface area contributed by atoms with Crippen molar-refractivity contribution < 1.29 is 19.0 Å². The van der Waals surface area contributed by atoms with E-state index in [4.69, 9.17) is 19.9 Å². The molecular formula is C19H28N2O4. The number of ether oxygens (including phenoxy) is 3. The molecule has 1 aromatic rings. The molecule has 0 radical (unpaired) electrons. The summed E-state index contributed by atoms with van der Waals surface area (Å²) in [4.78, 5) is 12.7. The lowest BCUT2D eigenvalue weighted by Gasteiger charge is -2.34. The third kappa shape index (κ3) is 4.32. The molecule has 2 saturated heterocycles. The minimum absolute atomic E-state index is 0.00836. The van der Waals surface area contributed by atoms with Crippen LogP contribution >= 0.6 is 0 Å². The maximum absolute atomic E-state index is 12.7. The molecule has 1 amide bonds. The number of carbonyl (C=O) groups excluding carboxylic acids is 1.